The molecule has 3 aromatic rings. The molecule has 1 aliphatic carbocycles. The summed E-state index contributed by atoms with van der Waals surface area (Å²) in [7, 11) is 0. The molecule has 0 spiro atoms. The molecule has 0 aliphatic heterocycles. The lowest BCUT2D eigenvalue weighted by molar-refractivity contribution is 0.0139. The number of hydrogen-bond acceptors (Lipinski definition) is 6. The van der Waals surface area contributed by atoms with Gasteiger partial charge in [-0.05, 0) is 50.7 Å². The molecule has 0 radical (unpaired) electrons. The van der Waals surface area contributed by atoms with Crippen molar-refractivity contribution in [3.8, 4) is 11.1 Å². The van der Waals surface area contributed by atoms with Gasteiger partial charge in [0.25, 0.3) is 0 Å². The van der Waals surface area contributed by atoms with Gasteiger partial charge < -0.3 is 26.0 Å². The normalized spacial score (nSPS) is 14.3. The number of fused-ring (bicyclic) bond motifs is 3. The number of pyridine rings is 1. The van der Waals surface area contributed by atoms with Crippen LogP contribution in [0.4, 0.5) is 10.6 Å². The predicted molar refractivity (Wildman–Crippen MR) is 125 cm³/mol. The van der Waals surface area contributed by atoms with Crippen LogP contribution in [0.15, 0.2) is 65.3 Å². The first-order valence-electron chi connectivity index (χ1n) is 10.3. The average molecular weight is 498 g/mol. The van der Waals surface area contributed by atoms with Crippen molar-refractivity contribution in [1.82, 2.24) is 10.3 Å². The van der Waals surface area contributed by atoms with E-state index in [-0.39, 0.29) is 31.3 Å². The van der Waals surface area contributed by atoms with Crippen molar-refractivity contribution in [2.75, 3.05) is 18.9 Å². The number of nitrogen functional groups attached to an aromatic ring is 1. The Hall–Kier alpha value is -2.94. The zero-order valence-corrected chi connectivity index (χ0v) is 18.8. The molecule has 0 bridgehead atoms. The Morgan fingerprint density at radius 2 is 1.75 bits per heavy atom. The summed E-state index contributed by atoms with van der Waals surface area (Å²) in [5.74, 6) is 0.122. The van der Waals surface area contributed by atoms with Gasteiger partial charge in [-0.25, -0.2) is 9.78 Å². The van der Waals surface area contributed by atoms with E-state index in [9.17, 15) is 15.0 Å². The molecule has 166 valence electrons. The quantitative estimate of drug-likeness (QED) is 0.394. The Balaban J connectivity index is 1.29. The number of aliphatic hydroxyl groups excluding tert-OH is 2. The lowest BCUT2D eigenvalue weighted by atomic mass is 9.98. The number of nitrogens with two attached hydrogens (primary N) is 1. The zero-order valence-electron chi connectivity index (χ0n) is 17.2. The fourth-order valence-electron chi connectivity index (χ4n) is 4.04. The van der Waals surface area contributed by atoms with Gasteiger partial charge in [-0.3, -0.25) is 0 Å². The number of hydrogen-bond donors (Lipinski definition) is 4. The van der Waals surface area contributed by atoms with Crippen molar-refractivity contribution in [2.45, 2.75) is 24.5 Å². The second-order valence-corrected chi connectivity index (χ2v) is 8.60. The van der Waals surface area contributed by atoms with E-state index in [1.165, 1.54) is 6.20 Å². The topological polar surface area (TPSA) is 118 Å². The molecule has 2 aromatic carbocycles. The maximum absolute atomic E-state index is 12.2. The van der Waals surface area contributed by atoms with Crippen molar-refractivity contribution in [2.24, 2.45) is 0 Å². The molecule has 1 aromatic heterocycles. The van der Waals surface area contributed by atoms with Crippen molar-refractivity contribution < 1.29 is 19.7 Å². The third kappa shape index (κ3) is 4.62. The number of anilines is 1. The molecule has 8 heteroatoms. The fraction of sp³-hybridized carbons (Fsp3) is 0.250. The molecule has 7 nitrogen and oxygen atoms in total. The summed E-state index contributed by atoms with van der Waals surface area (Å²) in [6, 6.07) is 17.9. The standard InChI is InChI=1S/C24H24BrN3O4/c25-14-11-19(23(26)28-12-14)22(30)21(29)9-10-27-24(31)32-13-20-17-7-3-1-5-15(17)16-6-2-4-8-18(16)20/h1-8,11-12,20-22,29-30H,9-10,13H2,(H2,26,28)(H,27,31). The summed E-state index contributed by atoms with van der Waals surface area (Å²) in [4.78, 5) is 16.2. The minimum absolute atomic E-state index is 0.0208. The molecule has 1 amide bonds. The summed E-state index contributed by atoms with van der Waals surface area (Å²) in [6.07, 6.45) is -1.28. The van der Waals surface area contributed by atoms with Crippen LogP contribution in [0.5, 0.6) is 0 Å². The summed E-state index contributed by atoms with van der Waals surface area (Å²) < 4.78 is 6.11. The highest BCUT2D eigenvalue weighted by atomic mass is 79.9. The number of aromatic nitrogens is 1. The second-order valence-electron chi connectivity index (χ2n) is 7.68. The van der Waals surface area contributed by atoms with Gasteiger partial charge >= 0.3 is 6.09 Å². The predicted octanol–water partition coefficient (Wildman–Crippen LogP) is 3.75. The van der Waals surface area contributed by atoms with E-state index in [2.05, 4.69) is 50.5 Å². The van der Waals surface area contributed by atoms with Gasteiger partial charge in [0, 0.05) is 28.7 Å². The van der Waals surface area contributed by atoms with Crippen LogP contribution in [0.3, 0.4) is 0 Å². The van der Waals surface area contributed by atoms with Gasteiger partial charge in [0.2, 0.25) is 0 Å². The van der Waals surface area contributed by atoms with Crippen LogP contribution in [0.1, 0.15) is 35.1 Å². The van der Waals surface area contributed by atoms with Crippen LogP contribution < -0.4 is 11.1 Å². The van der Waals surface area contributed by atoms with E-state index in [1.807, 2.05) is 24.3 Å². The van der Waals surface area contributed by atoms with Gasteiger partial charge in [-0.15, -0.1) is 0 Å². The number of rotatable bonds is 7. The second kappa shape index (κ2) is 9.68. The maximum atomic E-state index is 12.2. The smallest absolute Gasteiger partial charge is 0.407 e. The third-order valence-corrected chi connectivity index (χ3v) is 6.09. The molecule has 0 fully saturated rings. The summed E-state index contributed by atoms with van der Waals surface area (Å²) in [5, 5.41) is 23.3. The number of halogens is 1. The number of nitrogens with zero attached hydrogens (tertiary/aromatic N) is 1. The molecule has 0 saturated heterocycles. The molecule has 2 atom stereocenters. The van der Waals surface area contributed by atoms with Crippen LogP contribution in [0, 0.1) is 0 Å². The number of ether oxygens (including phenoxy) is 1. The maximum Gasteiger partial charge on any atom is 0.407 e. The Morgan fingerprint density at radius 1 is 1.12 bits per heavy atom. The van der Waals surface area contributed by atoms with Gasteiger partial charge in [-0.2, -0.15) is 0 Å². The highest BCUT2D eigenvalue weighted by Crippen LogP contribution is 2.44. The van der Waals surface area contributed by atoms with Gasteiger partial charge in [0.1, 0.15) is 18.5 Å². The summed E-state index contributed by atoms with van der Waals surface area (Å²) in [5.41, 5.74) is 10.7. The lowest BCUT2D eigenvalue weighted by Crippen LogP contribution is -2.31. The minimum atomic E-state index is -1.22. The van der Waals surface area contributed by atoms with Crippen molar-refractivity contribution in [3.05, 3.63) is 82.0 Å². The molecule has 4 rings (SSSR count). The number of amides is 1. The SMILES string of the molecule is Nc1ncc(Br)cc1C(O)C(O)CCNC(=O)OCC1c2ccccc2-c2ccccc21. The molecular formula is C24H24BrN3O4. The van der Waals surface area contributed by atoms with Crippen LogP contribution in [0.25, 0.3) is 11.1 Å². The number of carbonyl (C=O) groups is 1. The van der Waals surface area contributed by atoms with Crippen LogP contribution in [-0.4, -0.2) is 40.5 Å². The Labute approximate surface area is 194 Å². The number of nitrogens with one attached hydrogen (secondary N) is 1. The van der Waals surface area contributed by atoms with Crippen LogP contribution in [0.2, 0.25) is 0 Å². The molecule has 2 unspecified atom stereocenters. The Bertz CT molecular complexity index is 1080. The number of aliphatic hydroxyl groups is 2. The Kier molecular flexibility index (Phi) is 6.74. The van der Waals surface area contributed by atoms with Crippen molar-refractivity contribution in [1.29, 1.82) is 0 Å². The van der Waals surface area contributed by atoms with Gasteiger partial charge in [-0.1, -0.05) is 48.5 Å². The molecule has 5 N–H and O–H groups in total. The monoisotopic (exact) mass is 497 g/mol. The summed E-state index contributed by atoms with van der Waals surface area (Å²) in [6.45, 7) is 0.349. The Morgan fingerprint density at radius 3 is 2.41 bits per heavy atom. The van der Waals surface area contributed by atoms with E-state index in [4.69, 9.17) is 10.5 Å². The first-order valence-corrected chi connectivity index (χ1v) is 11.1. The first-order chi connectivity index (χ1) is 15.5. The number of benzene rings is 2. The molecule has 1 aliphatic rings. The van der Waals surface area contributed by atoms with Crippen LogP contribution >= 0.6 is 15.9 Å². The largest absolute Gasteiger partial charge is 0.449 e. The number of carbonyl (C=O) groups excluding carboxylic acids is 1. The fourth-order valence-corrected chi connectivity index (χ4v) is 4.39. The first kappa shape index (κ1) is 22.3. The highest BCUT2D eigenvalue weighted by Gasteiger charge is 2.29. The van der Waals surface area contributed by atoms with E-state index in [0.717, 1.165) is 22.3 Å². The number of alkyl carbamates (subject to hydrolysis) is 1. The molecular weight excluding hydrogens is 474 g/mol. The van der Waals surface area contributed by atoms with Gasteiger partial charge in [0.15, 0.2) is 0 Å². The highest BCUT2D eigenvalue weighted by molar-refractivity contribution is 9.10. The molecule has 1 heterocycles. The van der Waals surface area contributed by atoms with Crippen LogP contribution in [-0.2, 0) is 4.74 Å². The van der Waals surface area contributed by atoms with E-state index >= 15 is 0 Å². The van der Waals surface area contributed by atoms with Gasteiger partial charge in [0.05, 0.1) is 6.10 Å². The van der Waals surface area contributed by atoms with E-state index < -0.39 is 18.3 Å². The molecule has 32 heavy (non-hydrogen) atoms. The van der Waals surface area contributed by atoms with Crippen molar-refractivity contribution in [3.63, 3.8) is 0 Å². The third-order valence-electron chi connectivity index (χ3n) is 5.65. The lowest BCUT2D eigenvalue weighted by Gasteiger charge is -2.20. The molecule has 0 saturated carbocycles. The van der Waals surface area contributed by atoms with E-state index in [0.29, 0.717) is 10.0 Å². The van der Waals surface area contributed by atoms with Crippen molar-refractivity contribution >= 4 is 27.8 Å². The summed E-state index contributed by atoms with van der Waals surface area (Å²) >= 11 is 3.27. The van der Waals surface area contributed by atoms with E-state index in [1.54, 1.807) is 6.07 Å². The zero-order chi connectivity index (χ0) is 22.7. The average Bonchev–Trinajstić information content (AvgIpc) is 3.12. The minimum Gasteiger partial charge on any atom is -0.449 e.